The Morgan fingerprint density at radius 3 is 2.74 bits per heavy atom. The number of aliphatic hydroxyl groups is 1. The van der Waals surface area contributed by atoms with Crippen molar-refractivity contribution in [3.8, 4) is 0 Å². The highest BCUT2D eigenvalue weighted by atomic mass is 32.1. The summed E-state index contributed by atoms with van der Waals surface area (Å²) in [5.41, 5.74) is -2.02. The first kappa shape index (κ1) is 16.1. The maximum Gasteiger partial charge on any atom is 0.417 e. The molecule has 0 saturated carbocycles. The van der Waals surface area contributed by atoms with Gasteiger partial charge in [0.05, 0.1) is 12.2 Å². The van der Waals surface area contributed by atoms with Crippen molar-refractivity contribution in [2.75, 3.05) is 13.1 Å². The molecule has 6 nitrogen and oxygen atoms in total. The number of urea groups is 1. The van der Waals surface area contributed by atoms with Crippen LogP contribution in [-0.4, -0.2) is 50.3 Å². The van der Waals surface area contributed by atoms with Crippen molar-refractivity contribution < 1.29 is 23.1 Å². The Balaban J connectivity index is 1.52. The minimum absolute atomic E-state index is 0.139. The number of amides is 2. The summed E-state index contributed by atoms with van der Waals surface area (Å²) in [6, 6.07) is -0.453. The number of piperidine rings is 1. The number of carbonyl (C=O) groups excluding carboxylic acids is 1. The van der Waals surface area contributed by atoms with Gasteiger partial charge in [-0.2, -0.15) is 13.2 Å². The maximum atomic E-state index is 12.7. The molecule has 2 aromatic rings. The lowest BCUT2D eigenvalue weighted by Gasteiger charge is -2.38. The first-order valence-electron chi connectivity index (χ1n) is 7.01. The molecule has 0 aliphatic carbocycles. The lowest BCUT2D eigenvalue weighted by atomic mass is 9.91. The zero-order valence-electron chi connectivity index (χ0n) is 12.0. The summed E-state index contributed by atoms with van der Waals surface area (Å²) in [7, 11) is 0. The van der Waals surface area contributed by atoms with Gasteiger partial charge in [-0.15, -0.1) is 11.3 Å². The van der Waals surface area contributed by atoms with E-state index in [1.807, 2.05) is 16.0 Å². The Bertz CT molecular complexity index is 675. The van der Waals surface area contributed by atoms with Crippen LogP contribution in [0.25, 0.3) is 4.96 Å². The molecular weight excluding hydrogens is 333 g/mol. The normalized spacial score (nSPS) is 18.3. The van der Waals surface area contributed by atoms with Crippen molar-refractivity contribution in [1.29, 1.82) is 0 Å². The minimum Gasteiger partial charge on any atom is -0.380 e. The van der Waals surface area contributed by atoms with Gasteiger partial charge >= 0.3 is 12.2 Å². The van der Waals surface area contributed by atoms with E-state index >= 15 is 0 Å². The van der Waals surface area contributed by atoms with Crippen LogP contribution >= 0.6 is 11.3 Å². The summed E-state index contributed by atoms with van der Waals surface area (Å²) in [5.74, 6) is 0. The molecule has 0 bridgehead atoms. The summed E-state index contributed by atoms with van der Waals surface area (Å²) >= 11 is 1.47. The topological polar surface area (TPSA) is 69.9 Å². The zero-order valence-corrected chi connectivity index (χ0v) is 12.8. The second-order valence-corrected chi connectivity index (χ2v) is 6.37. The first-order chi connectivity index (χ1) is 10.8. The SMILES string of the molecule is O=C(NCc1cn2ccsc2n1)N1CCC(O)(C(F)(F)F)CC1. The number of hydrogen-bond acceptors (Lipinski definition) is 4. The summed E-state index contributed by atoms with van der Waals surface area (Å²) in [6.07, 6.45) is -2.06. The molecule has 0 atom stereocenters. The standard InChI is InChI=1S/C13H15F3N4O2S/c14-13(15,16)12(22)1-3-19(4-2-12)10(21)17-7-9-8-20-5-6-23-11(20)18-9/h5-6,8,22H,1-4,7H2,(H,17,21). The quantitative estimate of drug-likeness (QED) is 0.872. The molecule has 0 radical (unpaired) electrons. The highest BCUT2D eigenvalue weighted by Gasteiger charge is 2.54. The highest BCUT2D eigenvalue weighted by Crippen LogP contribution is 2.38. The summed E-state index contributed by atoms with van der Waals surface area (Å²) in [5, 5.41) is 14.1. The zero-order chi connectivity index (χ0) is 16.7. The van der Waals surface area contributed by atoms with Gasteiger partial charge in [0.2, 0.25) is 0 Å². The van der Waals surface area contributed by atoms with Gasteiger partial charge in [0.1, 0.15) is 0 Å². The number of aromatic nitrogens is 2. The Hall–Kier alpha value is -1.81. The smallest absolute Gasteiger partial charge is 0.380 e. The van der Waals surface area contributed by atoms with E-state index in [0.29, 0.717) is 5.69 Å². The van der Waals surface area contributed by atoms with Crippen molar-refractivity contribution in [2.45, 2.75) is 31.2 Å². The molecule has 23 heavy (non-hydrogen) atoms. The van der Waals surface area contributed by atoms with Crippen LogP contribution in [0.5, 0.6) is 0 Å². The van der Waals surface area contributed by atoms with Crippen LogP contribution in [0.4, 0.5) is 18.0 Å². The van der Waals surface area contributed by atoms with E-state index in [0.717, 1.165) is 4.96 Å². The van der Waals surface area contributed by atoms with E-state index in [-0.39, 0.29) is 19.6 Å². The number of nitrogens with one attached hydrogen (secondary N) is 1. The van der Waals surface area contributed by atoms with E-state index in [1.165, 1.54) is 16.2 Å². The minimum atomic E-state index is -4.67. The molecule has 1 fully saturated rings. The van der Waals surface area contributed by atoms with Crippen LogP contribution in [0.15, 0.2) is 17.8 Å². The average Bonchev–Trinajstić information content (AvgIpc) is 3.05. The van der Waals surface area contributed by atoms with Gasteiger partial charge in [-0.1, -0.05) is 0 Å². The predicted octanol–water partition coefficient (Wildman–Crippen LogP) is 1.99. The average molecular weight is 348 g/mol. The van der Waals surface area contributed by atoms with E-state index in [1.54, 1.807) is 6.20 Å². The fraction of sp³-hybridized carbons (Fsp3) is 0.538. The molecule has 1 aliphatic rings. The number of alkyl halides is 3. The molecule has 126 valence electrons. The number of imidazole rings is 1. The summed E-state index contributed by atoms with van der Waals surface area (Å²) in [4.78, 5) is 18.4. The van der Waals surface area contributed by atoms with Crippen molar-refractivity contribution in [3.63, 3.8) is 0 Å². The lowest BCUT2D eigenvalue weighted by molar-refractivity contribution is -0.271. The Morgan fingerprint density at radius 2 is 2.13 bits per heavy atom. The molecule has 0 aromatic carbocycles. The molecule has 3 rings (SSSR count). The van der Waals surface area contributed by atoms with E-state index < -0.39 is 30.7 Å². The van der Waals surface area contributed by atoms with Crippen molar-refractivity contribution >= 4 is 22.3 Å². The number of halogens is 3. The van der Waals surface area contributed by atoms with Gasteiger partial charge in [0, 0.05) is 43.7 Å². The Labute approximate surface area is 133 Å². The second kappa shape index (κ2) is 5.68. The van der Waals surface area contributed by atoms with Gasteiger partial charge in [0.25, 0.3) is 0 Å². The van der Waals surface area contributed by atoms with Crippen molar-refractivity contribution in [3.05, 3.63) is 23.5 Å². The van der Waals surface area contributed by atoms with Gasteiger partial charge < -0.3 is 15.3 Å². The molecule has 3 heterocycles. The van der Waals surface area contributed by atoms with Gasteiger partial charge in [-0.05, 0) is 0 Å². The number of rotatable bonds is 2. The third-order valence-corrected chi connectivity index (χ3v) is 4.74. The van der Waals surface area contributed by atoms with Crippen LogP contribution in [0.3, 0.4) is 0 Å². The Morgan fingerprint density at radius 1 is 1.43 bits per heavy atom. The van der Waals surface area contributed by atoms with Crippen LogP contribution < -0.4 is 5.32 Å². The van der Waals surface area contributed by atoms with Crippen molar-refractivity contribution in [2.24, 2.45) is 0 Å². The van der Waals surface area contributed by atoms with E-state index in [2.05, 4.69) is 10.3 Å². The van der Waals surface area contributed by atoms with Gasteiger partial charge in [-0.25, -0.2) is 9.78 Å². The van der Waals surface area contributed by atoms with E-state index in [4.69, 9.17) is 0 Å². The van der Waals surface area contributed by atoms with Crippen molar-refractivity contribution in [1.82, 2.24) is 19.6 Å². The number of nitrogens with zero attached hydrogens (tertiary/aromatic N) is 3. The number of fused-ring (bicyclic) bond motifs is 1. The number of carbonyl (C=O) groups is 1. The highest BCUT2D eigenvalue weighted by molar-refractivity contribution is 7.15. The Kier molecular flexibility index (Phi) is 3.96. The molecule has 0 unspecified atom stereocenters. The third-order valence-electron chi connectivity index (χ3n) is 3.97. The van der Waals surface area contributed by atoms with Gasteiger partial charge in [-0.3, -0.25) is 4.40 Å². The molecule has 2 aromatic heterocycles. The summed E-state index contributed by atoms with van der Waals surface area (Å²) in [6.45, 7) is -0.0759. The van der Waals surface area contributed by atoms with E-state index in [9.17, 15) is 23.1 Å². The molecule has 1 aliphatic heterocycles. The predicted molar refractivity (Wildman–Crippen MR) is 77.1 cm³/mol. The second-order valence-electron chi connectivity index (χ2n) is 5.50. The lowest BCUT2D eigenvalue weighted by Crippen LogP contribution is -2.55. The van der Waals surface area contributed by atoms with Crippen LogP contribution in [-0.2, 0) is 6.54 Å². The number of likely N-dealkylation sites (tertiary alicyclic amines) is 1. The third kappa shape index (κ3) is 3.13. The largest absolute Gasteiger partial charge is 0.417 e. The van der Waals surface area contributed by atoms with Crippen LogP contribution in [0.2, 0.25) is 0 Å². The molecule has 1 saturated heterocycles. The number of hydrogen-bond donors (Lipinski definition) is 2. The molecule has 2 N–H and O–H groups in total. The number of thiazole rings is 1. The monoisotopic (exact) mass is 348 g/mol. The van der Waals surface area contributed by atoms with Crippen LogP contribution in [0, 0.1) is 0 Å². The molecular formula is C13H15F3N4O2S. The van der Waals surface area contributed by atoms with Gasteiger partial charge in [0.15, 0.2) is 10.6 Å². The fourth-order valence-corrected chi connectivity index (χ4v) is 3.22. The molecule has 10 heteroatoms. The molecule has 0 spiro atoms. The molecule has 2 amide bonds. The maximum absolute atomic E-state index is 12.7. The first-order valence-corrected chi connectivity index (χ1v) is 7.89. The fourth-order valence-electron chi connectivity index (χ4n) is 2.50. The summed E-state index contributed by atoms with van der Waals surface area (Å²) < 4.78 is 40.0. The van der Waals surface area contributed by atoms with Crippen LogP contribution in [0.1, 0.15) is 18.5 Å².